The molecule has 14 heteroatoms. The van der Waals surface area contributed by atoms with Gasteiger partial charge in [0.1, 0.15) is 24.9 Å². The maximum Gasteiger partial charge on any atom is 0.303 e. The van der Waals surface area contributed by atoms with Crippen molar-refractivity contribution >= 4 is 35.8 Å². The van der Waals surface area contributed by atoms with Crippen LogP contribution in [0, 0.1) is 45.3 Å². The van der Waals surface area contributed by atoms with Gasteiger partial charge >= 0.3 is 35.8 Å². The second-order valence-corrected chi connectivity index (χ2v) is 20.8. The molecule has 5 rings (SSSR count). The van der Waals surface area contributed by atoms with Gasteiger partial charge in [0.25, 0.3) is 0 Å². The number of carbonyl (C=O) groups is 6. The molecule has 0 aromatic carbocycles. The van der Waals surface area contributed by atoms with Gasteiger partial charge in [-0.05, 0) is 113 Å². The number of allylic oxidation sites excluding steroid dienone is 2. The molecule has 350 valence electrons. The third-order valence-corrected chi connectivity index (χ3v) is 16.2. The summed E-state index contributed by atoms with van der Waals surface area (Å²) >= 11 is 0. The summed E-state index contributed by atoms with van der Waals surface area (Å²) < 4.78 is 49.0. The number of ether oxygens (including phenoxy) is 8. The van der Waals surface area contributed by atoms with Gasteiger partial charge in [-0.2, -0.15) is 0 Å². The van der Waals surface area contributed by atoms with Crippen LogP contribution in [0.25, 0.3) is 0 Å². The summed E-state index contributed by atoms with van der Waals surface area (Å²) in [7, 11) is 0. The first kappa shape index (κ1) is 49.5. The van der Waals surface area contributed by atoms with E-state index in [0.717, 1.165) is 44.1 Å². The average Bonchev–Trinajstić information content (AvgIpc) is 3.51. The standard InChI is InChI=1S/C48H74O14/c1-26(2)16-15-20-48(14,62-43-42(60-32(8)54)41(59-31(7)53)40(58-30(6)52)35(61-43)25-55-27(3)49)33-17-22-47(13)39(33)34(56-28(4)50)24-37-45(11)21-19-38(57-29(5)51)44(9,10)36(45)18-23-46(37,47)12/h16,33-43H,15,17-25H2,1-14H3/t33?,34?,35-,36?,37?,38+,39+,40-,41+,42?,43-,45+,46-,47-,48+/m1/s1. The highest BCUT2D eigenvalue weighted by Crippen LogP contribution is 2.76. The minimum atomic E-state index is -1.39. The third-order valence-electron chi connectivity index (χ3n) is 16.2. The van der Waals surface area contributed by atoms with E-state index in [-0.39, 0.29) is 70.0 Å². The highest BCUT2D eigenvalue weighted by molar-refractivity contribution is 5.69. The molecule has 0 spiro atoms. The zero-order valence-corrected chi connectivity index (χ0v) is 39.7. The minimum absolute atomic E-state index is 0.116. The fraction of sp³-hybridized carbons (Fsp3) is 0.833. The number of fused-ring (bicyclic) bond motifs is 5. The van der Waals surface area contributed by atoms with Crippen molar-refractivity contribution in [3.05, 3.63) is 11.6 Å². The summed E-state index contributed by atoms with van der Waals surface area (Å²) in [6.07, 6.45) is 1.83. The van der Waals surface area contributed by atoms with Crippen LogP contribution in [0.1, 0.15) is 155 Å². The molecule has 1 saturated heterocycles. The van der Waals surface area contributed by atoms with Crippen molar-refractivity contribution in [1.82, 2.24) is 0 Å². The molecule has 5 aliphatic rings. The summed E-state index contributed by atoms with van der Waals surface area (Å²) in [6.45, 7) is 25.2. The lowest BCUT2D eigenvalue weighted by atomic mass is 9.35. The van der Waals surface area contributed by atoms with Crippen LogP contribution in [0.4, 0.5) is 0 Å². The Morgan fingerprint density at radius 3 is 1.77 bits per heavy atom. The van der Waals surface area contributed by atoms with E-state index in [1.807, 2.05) is 20.8 Å². The Bertz CT molecular complexity index is 1750. The number of rotatable bonds is 13. The van der Waals surface area contributed by atoms with Crippen LogP contribution in [-0.4, -0.2) is 90.9 Å². The summed E-state index contributed by atoms with van der Waals surface area (Å²) in [5, 5.41) is 0. The fourth-order valence-corrected chi connectivity index (χ4v) is 13.7. The number of carbonyl (C=O) groups excluding carboxylic acids is 6. The van der Waals surface area contributed by atoms with Crippen molar-refractivity contribution in [2.45, 2.75) is 203 Å². The minimum Gasteiger partial charge on any atom is -0.463 e. The molecular formula is C48H74O14. The Labute approximate surface area is 368 Å². The lowest BCUT2D eigenvalue weighted by Crippen LogP contribution is -2.67. The summed E-state index contributed by atoms with van der Waals surface area (Å²) in [5.74, 6) is -3.25. The van der Waals surface area contributed by atoms with Gasteiger partial charge in [0.15, 0.2) is 24.6 Å². The summed E-state index contributed by atoms with van der Waals surface area (Å²) in [5.41, 5.74) is -0.741. The van der Waals surface area contributed by atoms with Gasteiger partial charge in [-0.25, -0.2) is 0 Å². The first-order valence-corrected chi connectivity index (χ1v) is 22.7. The second-order valence-electron chi connectivity index (χ2n) is 20.8. The lowest BCUT2D eigenvalue weighted by molar-refractivity contribution is -0.339. The molecule has 0 aromatic rings. The SMILES string of the molecule is CC(=O)OC[C@H]1O[C@H](O[C@@](C)(CCC=C(C)C)C2CC[C@]3(C)[C@@H]2C(OC(C)=O)CC2[C@@]4(C)CC[C@H](OC(C)=O)C(C)(C)C4CC[C@]23C)C(OC(C)=O)[C@@H](OC(C)=O)[C@@H]1OC(C)=O. The van der Waals surface area contributed by atoms with Gasteiger partial charge in [-0.1, -0.05) is 46.3 Å². The van der Waals surface area contributed by atoms with E-state index < -0.39 is 66.3 Å². The van der Waals surface area contributed by atoms with Crippen molar-refractivity contribution in [2.75, 3.05) is 6.61 Å². The first-order chi connectivity index (χ1) is 28.7. The normalized spacial score (nSPS) is 39.2. The van der Waals surface area contributed by atoms with Crippen molar-refractivity contribution in [1.29, 1.82) is 0 Å². The highest BCUT2D eigenvalue weighted by Gasteiger charge is 2.73. The first-order valence-electron chi connectivity index (χ1n) is 22.7. The topological polar surface area (TPSA) is 176 Å². The Balaban J connectivity index is 1.61. The van der Waals surface area contributed by atoms with E-state index >= 15 is 0 Å². The smallest absolute Gasteiger partial charge is 0.303 e. The van der Waals surface area contributed by atoms with Crippen LogP contribution >= 0.6 is 0 Å². The Hall–Kier alpha value is -3.52. The van der Waals surface area contributed by atoms with Crippen LogP contribution in [0.15, 0.2) is 11.6 Å². The average molecular weight is 875 g/mol. The van der Waals surface area contributed by atoms with E-state index in [1.54, 1.807) is 0 Å². The second kappa shape index (κ2) is 18.5. The van der Waals surface area contributed by atoms with E-state index in [4.69, 9.17) is 37.9 Å². The molecule has 5 unspecified atom stereocenters. The molecule has 0 amide bonds. The largest absolute Gasteiger partial charge is 0.463 e. The Kier molecular flexibility index (Phi) is 14.8. The molecule has 0 N–H and O–H groups in total. The van der Waals surface area contributed by atoms with Gasteiger partial charge in [0.2, 0.25) is 0 Å². The predicted molar refractivity (Wildman–Crippen MR) is 226 cm³/mol. The van der Waals surface area contributed by atoms with Crippen molar-refractivity contribution in [3.63, 3.8) is 0 Å². The van der Waals surface area contributed by atoms with Crippen molar-refractivity contribution in [3.8, 4) is 0 Å². The lowest BCUT2D eigenvalue weighted by Gasteiger charge is -2.70. The maximum absolute atomic E-state index is 13.2. The maximum atomic E-state index is 13.2. The molecule has 5 fully saturated rings. The molecule has 0 radical (unpaired) electrons. The monoisotopic (exact) mass is 875 g/mol. The number of hydrogen-bond donors (Lipinski definition) is 0. The molecule has 14 nitrogen and oxygen atoms in total. The van der Waals surface area contributed by atoms with Crippen molar-refractivity contribution in [2.24, 2.45) is 45.3 Å². The molecule has 0 aromatic heterocycles. The molecule has 15 atom stereocenters. The quantitative estimate of drug-likeness (QED) is 0.0997. The van der Waals surface area contributed by atoms with Crippen LogP contribution < -0.4 is 0 Å². The van der Waals surface area contributed by atoms with Gasteiger partial charge in [-0.3, -0.25) is 28.8 Å². The Morgan fingerprint density at radius 2 is 1.21 bits per heavy atom. The van der Waals surface area contributed by atoms with Crippen LogP contribution in [0.3, 0.4) is 0 Å². The zero-order valence-electron chi connectivity index (χ0n) is 39.7. The molecule has 1 aliphatic heterocycles. The number of esters is 6. The van der Waals surface area contributed by atoms with Crippen molar-refractivity contribution < 1.29 is 66.7 Å². The van der Waals surface area contributed by atoms with Crippen LogP contribution in [0.2, 0.25) is 0 Å². The van der Waals surface area contributed by atoms with Gasteiger partial charge in [0, 0.05) is 52.9 Å². The summed E-state index contributed by atoms with van der Waals surface area (Å²) in [4.78, 5) is 75.5. The zero-order chi connectivity index (χ0) is 46.3. The predicted octanol–water partition coefficient (Wildman–Crippen LogP) is 7.75. The molecule has 0 bridgehead atoms. The van der Waals surface area contributed by atoms with E-state index in [9.17, 15) is 28.8 Å². The van der Waals surface area contributed by atoms with E-state index in [0.29, 0.717) is 19.3 Å². The summed E-state index contributed by atoms with van der Waals surface area (Å²) in [6, 6.07) is 0. The van der Waals surface area contributed by atoms with Crippen LogP contribution in [-0.2, 0) is 66.7 Å². The molecule has 62 heavy (non-hydrogen) atoms. The third kappa shape index (κ3) is 9.61. The molecule has 1 heterocycles. The van der Waals surface area contributed by atoms with Gasteiger partial charge in [-0.15, -0.1) is 0 Å². The Morgan fingerprint density at radius 1 is 0.645 bits per heavy atom. The molecule has 4 aliphatic carbocycles. The molecular weight excluding hydrogens is 801 g/mol. The molecule has 4 saturated carbocycles. The van der Waals surface area contributed by atoms with Gasteiger partial charge < -0.3 is 37.9 Å². The van der Waals surface area contributed by atoms with E-state index in [1.165, 1.54) is 41.5 Å². The van der Waals surface area contributed by atoms with Crippen LogP contribution in [0.5, 0.6) is 0 Å². The van der Waals surface area contributed by atoms with Gasteiger partial charge in [0.05, 0.1) is 5.60 Å². The fourth-order valence-electron chi connectivity index (χ4n) is 13.7. The van der Waals surface area contributed by atoms with E-state index in [2.05, 4.69) is 40.7 Å². The highest BCUT2D eigenvalue weighted by atomic mass is 16.7. The number of hydrogen-bond acceptors (Lipinski definition) is 14.